The van der Waals surface area contributed by atoms with Gasteiger partial charge in [0.05, 0.1) is 13.2 Å². The fourth-order valence-electron chi connectivity index (χ4n) is 2.01. The first-order chi connectivity index (χ1) is 13.2. The first kappa shape index (κ1) is 26.6. The molecule has 0 radical (unpaired) electrons. The van der Waals surface area contributed by atoms with Crippen molar-refractivity contribution in [1.29, 1.82) is 0 Å². The number of carbonyl (C=O) groups is 2. The molecule has 0 fully saturated rings. The summed E-state index contributed by atoms with van der Waals surface area (Å²) in [5, 5.41) is 0. The number of halogens is 4. The molecule has 0 N–H and O–H groups in total. The molecule has 0 aliphatic rings. The summed E-state index contributed by atoms with van der Waals surface area (Å²) in [6.07, 6.45) is 6.78. The molecule has 28 heavy (non-hydrogen) atoms. The Morgan fingerprint density at radius 2 is 1.00 bits per heavy atom. The summed E-state index contributed by atoms with van der Waals surface area (Å²) >= 11 is 0. The Labute approximate surface area is 162 Å². The molecule has 0 saturated heterocycles. The topological polar surface area (TPSA) is 71.1 Å². The maximum absolute atomic E-state index is 13.6. The second kappa shape index (κ2) is 14.6. The lowest BCUT2D eigenvalue weighted by atomic mass is 10.2. The first-order valence-electron chi connectivity index (χ1n) is 9.47. The molecule has 0 aromatic carbocycles. The van der Waals surface area contributed by atoms with Crippen molar-refractivity contribution in [3.63, 3.8) is 0 Å². The Kier molecular flexibility index (Phi) is 13.8. The number of hydrogen-bond acceptors (Lipinski definition) is 6. The molecule has 6 nitrogen and oxygen atoms in total. The van der Waals surface area contributed by atoms with E-state index in [4.69, 9.17) is 9.47 Å². The van der Waals surface area contributed by atoms with Gasteiger partial charge in [-0.2, -0.15) is 17.6 Å². The molecule has 10 heteroatoms. The maximum Gasteiger partial charge on any atom is 0.415 e. The highest BCUT2D eigenvalue weighted by molar-refractivity contribution is 5.89. The van der Waals surface area contributed by atoms with E-state index < -0.39 is 37.4 Å². The molecule has 0 aromatic heterocycles. The summed E-state index contributed by atoms with van der Waals surface area (Å²) in [5.74, 6) is -15.9. The van der Waals surface area contributed by atoms with Crippen molar-refractivity contribution in [2.45, 2.75) is 77.1 Å². The third kappa shape index (κ3) is 9.68. The summed E-state index contributed by atoms with van der Waals surface area (Å²) in [4.78, 5) is 22.5. The van der Waals surface area contributed by atoms with Crippen LogP contribution in [-0.4, -0.2) is 50.6 Å². The highest BCUT2D eigenvalue weighted by atomic mass is 19.3. The molecule has 0 heterocycles. The molecule has 166 valence electrons. The normalized spacial score (nSPS) is 12.1. The monoisotopic (exact) mass is 418 g/mol. The Balaban J connectivity index is 4.24. The quantitative estimate of drug-likeness (QED) is 0.150. The van der Waals surface area contributed by atoms with Crippen LogP contribution in [0.4, 0.5) is 17.6 Å². The van der Waals surface area contributed by atoms with E-state index in [0.717, 1.165) is 38.5 Å². The van der Waals surface area contributed by atoms with E-state index in [1.165, 1.54) is 0 Å². The minimum Gasteiger partial charge on any atom is -0.434 e. The van der Waals surface area contributed by atoms with Gasteiger partial charge in [-0.25, -0.2) is 9.59 Å². The Morgan fingerprint density at radius 1 is 0.643 bits per heavy atom. The van der Waals surface area contributed by atoms with Gasteiger partial charge < -0.3 is 18.9 Å². The van der Waals surface area contributed by atoms with E-state index in [2.05, 4.69) is 9.47 Å². The van der Waals surface area contributed by atoms with Crippen molar-refractivity contribution in [3.8, 4) is 0 Å². The van der Waals surface area contributed by atoms with E-state index >= 15 is 0 Å². The molecular formula is C18H30F4O6. The summed E-state index contributed by atoms with van der Waals surface area (Å²) in [6.45, 7) is 2.43. The molecule has 0 aliphatic heterocycles. The molecule has 0 unspecified atom stereocenters. The SMILES string of the molecule is CCCCCCOCOC(=O)C(F)(F)C(F)(F)C(=O)OCOCCCCCC. The van der Waals surface area contributed by atoms with Crippen LogP contribution < -0.4 is 0 Å². The Morgan fingerprint density at radius 3 is 1.32 bits per heavy atom. The van der Waals surface area contributed by atoms with Crippen LogP contribution in [-0.2, 0) is 28.5 Å². The average molecular weight is 418 g/mol. The second-order valence-corrected chi connectivity index (χ2v) is 6.19. The minimum atomic E-state index is -5.39. The van der Waals surface area contributed by atoms with Crippen molar-refractivity contribution in [3.05, 3.63) is 0 Å². The molecule has 0 spiro atoms. The van der Waals surface area contributed by atoms with Gasteiger partial charge in [0.15, 0.2) is 13.6 Å². The van der Waals surface area contributed by atoms with Crippen LogP contribution in [0, 0.1) is 0 Å². The molecule has 0 atom stereocenters. The lowest BCUT2D eigenvalue weighted by molar-refractivity contribution is -0.246. The predicted molar refractivity (Wildman–Crippen MR) is 92.0 cm³/mol. The van der Waals surface area contributed by atoms with Gasteiger partial charge in [-0.05, 0) is 12.8 Å². The number of rotatable bonds is 17. The van der Waals surface area contributed by atoms with Gasteiger partial charge in [-0.15, -0.1) is 0 Å². The van der Waals surface area contributed by atoms with Crippen molar-refractivity contribution in [2.75, 3.05) is 26.8 Å². The Bertz CT molecular complexity index is 406. The smallest absolute Gasteiger partial charge is 0.415 e. The number of esters is 2. The van der Waals surface area contributed by atoms with Crippen LogP contribution in [0.5, 0.6) is 0 Å². The number of ether oxygens (including phenoxy) is 4. The van der Waals surface area contributed by atoms with Gasteiger partial charge in [-0.3, -0.25) is 0 Å². The molecule has 0 aromatic rings. The first-order valence-corrected chi connectivity index (χ1v) is 9.47. The zero-order valence-electron chi connectivity index (χ0n) is 16.4. The van der Waals surface area contributed by atoms with Crippen LogP contribution in [0.2, 0.25) is 0 Å². The molecule has 0 amide bonds. The van der Waals surface area contributed by atoms with Crippen molar-refractivity contribution >= 4 is 11.9 Å². The highest BCUT2D eigenvalue weighted by Crippen LogP contribution is 2.36. The standard InChI is InChI=1S/C18H30F4O6/c1-3-5-7-9-11-25-13-27-15(23)17(19,20)18(21,22)16(24)28-14-26-12-10-8-6-4-2/h3-14H2,1-2H3. The lowest BCUT2D eigenvalue weighted by Gasteiger charge is -2.22. The van der Waals surface area contributed by atoms with E-state index in [1.807, 2.05) is 13.8 Å². The highest BCUT2D eigenvalue weighted by Gasteiger charge is 2.69. The largest absolute Gasteiger partial charge is 0.434 e. The predicted octanol–water partition coefficient (Wildman–Crippen LogP) is 4.45. The van der Waals surface area contributed by atoms with Crippen LogP contribution in [0.15, 0.2) is 0 Å². The summed E-state index contributed by atoms with van der Waals surface area (Å²) in [7, 11) is 0. The second-order valence-electron chi connectivity index (χ2n) is 6.19. The van der Waals surface area contributed by atoms with Crippen molar-refractivity contribution < 1.29 is 46.1 Å². The van der Waals surface area contributed by atoms with E-state index in [-0.39, 0.29) is 13.2 Å². The molecule has 0 aliphatic carbocycles. The number of unbranched alkanes of at least 4 members (excludes halogenated alkanes) is 6. The lowest BCUT2D eigenvalue weighted by Crippen LogP contribution is -2.54. The van der Waals surface area contributed by atoms with Crippen LogP contribution >= 0.6 is 0 Å². The fourth-order valence-corrected chi connectivity index (χ4v) is 2.01. The number of alkyl halides is 4. The number of carbonyl (C=O) groups excluding carboxylic acids is 2. The van der Waals surface area contributed by atoms with Gasteiger partial charge in [-0.1, -0.05) is 52.4 Å². The van der Waals surface area contributed by atoms with E-state index in [1.54, 1.807) is 0 Å². The van der Waals surface area contributed by atoms with Crippen molar-refractivity contribution in [1.82, 2.24) is 0 Å². The van der Waals surface area contributed by atoms with Crippen LogP contribution in [0.3, 0.4) is 0 Å². The third-order valence-electron chi connectivity index (χ3n) is 3.74. The van der Waals surface area contributed by atoms with Crippen LogP contribution in [0.1, 0.15) is 65.2 Å². The maximum atomic E-state index is 13.6. The fraction of sp³-hybridized carbons (Fsp3) is 0.889. The van der Waals surface area contributed by atoms with Gasteiger partial charge in [0.1, 0.15) is 0 Å². The van der Waals surface area contributed by atoms with Gasteiger partial charge in [0, 0.05) is 0 Å². The van der Waals surface area contributed by atoms with Crippen molar-refractivity contribution in [2.24, 2.45) is 0 Å². The van der Waals surface area contributed by atoms with E-state index in [0.29, 0.717) is 12.8 Å². The zero-order valence-corrected chi connectivity index (χ0v) is 16.4. The van der Waals surface area contributed by atoms with Gasteiger partial charge in [0.2, 0.25) is 0 Å². The summed E-state index contributed by atoms with van der Waals surface area (Å²) in [5.41, 5.74) is 0. The van der Waals surface area contributed by atoms with Gasteiger partial charge in [0.25, 0.3) is 0 Å². The average Bonchev–Trinajstić information content (AvgIpc) is 2.65. The minimum absolute atomic E-state index is 0.132. The summed E-state index contributed by atoms with van der Waals surface area (Å²) in [6, 6.07) is 0. The summed E-state index contributed by atoms with van der Waals surface area (Å²) < 4.78 is 72.0. The molecular weight excluding hydrogens is 388 g/mol. The Hall–Kier alpha value is -1.42. The van der Waals surface area contributed by atoms with Gasteiger partial charge >= 0.3 is 23.8 Å². The van der Waals surface area contributed by atoms with E-state index in [9.17, 15) is 27.2 Å². The number of hydrogen-bond donors (Lipinski definition) is 0. The van der Waals surface area contributed by atoms with Crippen LogP contribution in [0.25, 0.3) is 0 Å². The molecule has 0 rings (SSSR count). The third-order valence-corrected chi connectivity index (χ3v) is 3.74. The molecule has 0 bridgehead atoms. The zero-order chi connectivity index (χ0) is 21.5. The molecule has 0 saturated carbocycles.